The summed E-state index contributed by atoms with van der Waals surface area (Å²) in [5, 5.41) is 0. The van der Waals surface area contributed by atoms with Crippen LogP contribution in [0, 0.1) is 0 Å². The van der Waals surface area contributed by atoms with Gasteiger partial charge < -0.3 is 4.90 Å². The van der Waals surface area contributed by atoms with Gasteiger partial charge in [0, 0.05) is 18.8 Å². The zero-order valence-corrected chi connectivity index (χ0v) is 14.3. The molecule has 0 unspecified atom stereocenters. The molecule has 1 saturated heterocycles. The SMILES string of the molecule is CCCN1C(=O)/C(=C2\C=Cc3ccccc3N2CC)SC1=S. The van der Waals surface area contributed by atoms with E-state index in [1.807, 2.05) is 18.2 Å². The molecule has 0 N–H and O–H groups in total. The fraction of sp³-hybridized carbons (Fsp3) is 0.294. The van der Waals surface area contributed by atoms with Crippen molar-refractivity contribution in [1.29, 1.82) is 0 Å². The Balaban J connectivity index is 2.05. The minimum absolute atomic E-state index is 0.0364. The van der Waals surface area contributed by atoms with Crippen LogP contribution >= 0.6 is 24.0 Å². The van der Waals surface area contributed by atoms with E-state index >= 15 is 0 Å². The molecule has 1 fully saturated rings. The van der Waals surface area contributed by atoms with Crippen molar-refractivity contribution >= 4 is 46.0 Å². The van der Waals surface area contributed by atoms with Gasteiger partial charge in [-0.15, -0.1) is 0 Å². The maximum atomic E-state index is 12.7. The summed E-state index contributed by atoms with van der Waals surface area (Å²) in [6.45, 7) is 5.66. The van der Waals surface area contributed by atoms with Gasteiger partial charge in [-0.3, -0.25) is 9.69 Å². The average molecular weight is 330 g/mol. The van der Waals surface area contributed by atoms with Crippen LogP contribution in [0.2, 0.25) is 0 Å². The van der Waals surface area contributed by atoms with Crippen LogP contribution in [-0.2, 0) is 4.79 Å². The Morgan fingerprint density at radius 2 is 1.91 bits per heavy atom. The Morgan fingerprint density at radius 1 is 1.14 bits per heavy atom. The second-order valence-corrected chi connectivity index (χ2v) is 6.82. The maximum Gasteiger partial charge on any atom is 0.268 e. The summed E-state index contributed by atoms with van der Waals surface area (Å²) < 4.78 is 0.665. The molecule has 2 aliphatic rings. The van der Waals surface area contributed by atoms with Gasteiger partial charge >= 0.3 is 0 Å². The quantitative estimate of drug-likeness (QED) is 0.617. The summed E-state index contributed by atoms with van der Waals surface area (Å²) in [4.78, 5) is 17.3. The number of rotatable bonds is 3. The van der Waals surface area contributed by atoms with Crippen molar-refractivity contribution in [2.75, 3.05) is 18.0 Å². The first-order chi connectivity index (χ1) is 10.7. The molecule has 3 rings (SSSR count). The standard InChI is InChI=1S/C17H18N2OS2/c1-3-11-19-16(20)15(22-17(19)21)14-10-9-12-7-5-6-8-13(12)18(14)4-2/h5-10H,3-4,11H2,1-2H3/b15-14-. The Labute approximate surface area is 140 Å². The molecule has 0 aromatic heterocycles. The number of para-hydroxylation sites is 1. The highest BCUT2D eigenvalue weighted by Crippen LogP contribution is 2.39. The molecule has 1 amide bonds. The van der Waals surface area contributed by atoms with Crippen LogP contribution in [0.25, 0.3) is 6.08 Å². The summed E-state index contributed by atoms with van der Waals surface area (Å²) in [5.41, 5.74) is 3.28. The molecule has 0 saturated carbocycles. The number of allylic oxidation sites excluding steroid dienone is 1. The van der Waals surface area contributed by atoms with E-state index in [1.54, 1.807) is 4.90 Å². The highest BCUT2D eigenvalue weighted by molar-refractivity contribution is 8.26. The maximum absolute atomic E-state index is 12.7. The number of likely N-dealkylation sites (N-methyl/N-ethyl adjacent to an activating group) is 1. The third kappa shape index (κ3) is 2.48. The van der Waals surface area contributed by atoms with Crippen molar-refractivity contribution in [1.82, 2.24) is 4.90 Å². The molecule has 114 valence electrons. The number of anilines is 1. The van der Waals surface area contributed by atoms with Gasteiger partial charge in [0.05, 0.1) is 5.70 Å². The molecule has 0 atom stereocenters. The van der Waals surface area contributed by atoms with E-state index < -0.39 is 0 Å². The van der Waals surface area contributed by atoms with E-state index in [0.29, 0.717) is 10.9 Å². The monoisotopic (exact) mass is 330 g/mol. The lowest BCUT2D eigenvalue weighted by Gasteiger charge is -2.30. The third-order valence-electron chi connectivity index (χ3n) is 3.78. The molecule has 3 nitrogen and oxygen atoms in total. The van der Waals surface area contributed by atoms with E-state index in [1.165, 1.54) is 17.3 Å². The van der Waals surface area contributed by atoms with Gasteiger partial charge in [0.15, 0.2) is 0 Å². The molecule has 0 bridgehead atoms. The Kier molecular flexibility index (Phi) is 4.36. The molecule has 5 heteroatoms. The van der Waals surface area contributed by atoms with Gasteiger partial charge in [-0.1, -0.05) is 55.2 Å². The number of benzene rings is 1. The number of carbonyl (C=O) groups excluding carboxylic acids is 1. The topological polar surface area (TPSA) is 23.6 Å². The fourth-order valence-electron chi connectivity index (χ4n) is 2.77. The van der Waals surface area contributed by atoms with E-state index in [-0.39, 0.29) is 5.91 Å². The summed E-state index contributed by atoms with van der Waals surface area (Å²) in [7, 11) is 0. The first-order valence-electron chi connectivity index (χ1n) is 7.50. The normalized spacial score (nSPS) is 20.8. The zero-order chi connectivity index (χ0) is 15.7. The van der Waals surface area contributed by atoms with Crippen LogP contribution in [0.5, 0.6) is 0 Å². The van der Waals surface area contributed by atoms with E-state index in [4.69, 9.17) is 12.2 Å². The highest BCUT2D eigenvalue weighted by Gasteiger charge is 2.35. The highest BCUT2D eigenvalue weighted by atomic mass is 32.2. The van der Waals surface area contributed by atoms with Crippen molar-refractivity contribution in [2.24, 2.45) is 0 Å². The van der Waals surface area contributed by atoms with Crippen LogP contribution < -0.4 is 4.90 Å². The second-order valence-electron chi connectivity index (χ2n) is 5.18. The van der Waals surface area contributed by atoms with Crippen LogP contribution in [0.4, 0.5) is 5.69 Å². The van der Waals surface area contributed by atoms with Crippen LogP contribution in [0.15, 0.2) is 40.9 Å². The number of thioether (sulfide) groups is 1. The van der Waals surface area contributed by atoms with Crippen molar-refractivity contribution in [2.45, 2.75) is 20.3 Å². The number of nitrogens with zero attached hydrogens (tertiary/aromatic N) is 2. The molecule has 2 aliphatic heterocycles. The average Bonchev–Trinajstić information content (AvgIpc) is 2.82. The van der Waals surface area contributed by atoms with Crippen molar-refractivity contribution in [3.8, 4) is 0 Å². The lowest BCUT2D eigenvalue weighted by atomic mass is 10.1. The van der Waals surface area contributed by atoms with Gasteiger partial charge in [0.1, 0.15) is 9.23 Å². The molecule has 0 aliphatic carbocycles. The van der Waals surface area contributed by atoms with Gasteiger partial charge in [0.2, 0.25) is 0 Å². The predicted octanol–water partition coefficient (Wildman–Crippen LogP) is 4.02. The van der Waals surface area contributed by atoms with Gasteiger partial charge in [-0.05, 0) is 31.1 Å². The van der Waals surface area contributed by atoms with Crippen molar-refractivity contribution < 1.29 is 4.79 Å². The summed E-state index contributed by atoms with van der Waals surface area (Å²) in [6.07, 6.45) is 5.01. The van der Waals surface area contributed by atoms with Crippen molar-refractivity contribution in [3.63, 3.8) is 0 Å². The summed E-state index contributed by atoms with van der Waals surface area (Å²) in [6, 6.07) is 8.24. The first kappa shape index (κ1) is 15.3. The van der Waals surface area contributed by atoms with Gasteiger partial charge in [-0.25, -0.2) is 0 Å². The molecular weight excluding hydrogens is 312 g/mol. The predicted molar refractivity (Wildman–Crippen MR) is 97.7 cm³/mol. The second kappa shape index (κ2) is 6.26. The van der Waals surface area contributed by atoms with Gasteiger partial charge in [-0.2, -0.15) is 0 Å². The number of hydrogen-bond donors (Lipinski definition) is 0. The molecule has 2 heterocycles. The third-order valence-corrected chi connectivity index (χ3v) is 5.24. The van der Waals surface area contributed by atoms with Crippen LogP contribution in [0.1, 0.15) is 25.8 Å². The lowest BCUT2D eigenvalue weighted by molar-refractivity contribution is -0.122. The van der Waals surface area contributed by atoms with E-state index in [0.717, 1.165) is 29.3 Å². The van der Waals surface area contributed by atoms with Crippen molar-refractivity contribution in [3.05, 3.63) is 46.5 Å². The van der Waals surface area contributed by atoms with Gasteiger partial charge in [0.25, 0.3) is 5.91 Å². The number of thiocarbonyl (C=S) groups is 1. The smallest absolute Gasteiger partial charge is 0.268 e. The lowest BCUT2D eigenvalue weighted by Crippen LogP contribution is -2.30. The number of fused-ring (bicyclic) bond motifs is 1. The van der Waals surface area contributed by atoms with E-state index in [9.17, 15) is 4.79 Å². The minimum atomic E-state index is 0.0364. The molecule has 1 aromatic rings. The molecule has 1 aromatic carbocycles. The number of hydrogen-bond acceptors (Lipinski definition) is 4. The number of carbonyl (C=O) groups is 1. The Hall–Kier alpha value is -1.59. The fourth-order valence-corrected chi connectivity index (χ4v) is 4.14. The summed E-state index contributed by atoms with van der Waals surface area (Å²) >= 11 is 6.79. The van der Waals surface area contributed by atoms with E-state index in [2.05, 4.69) is 37.0 Å². The first-order valence-corrected chi connectivity index (χ1v) is 8.72. The zero-order valence-electron chi connectivity index (χ0n) is 12.7. The molecule has 22 heavy (non-hydrogen) atoms. The van der Waals surface area contributed by atoms with Crippen LogP contribution in [0.3, 0.4) is 0 Å². The molecular formula is C17H18N2OS2. The Morgan fingerprint density at radius 3 is 2.64 bits per heavy atom. The summed E-state index contributed by atoms with van der Waals surface area (Å²) in [5.74, 6) is 0.0364. The largest absolute Gasteiger partial charge is 0.340 e. The number of amides is 1. The molecule has 0 radical (unpaired) electrons. The molecule has 0 spiro atoms. The van der Waals surface area contributed by atoms with Crippen LogP contribution in [-0.4, -0.2) is 28.2 Å². The Bertz CT molecular complexity index is 694. The minimum Gasteiger partial charge on any atom is -0.340 e.